The highest BCUT2D eigenvalue weighted by molar-refractivity contribution is 7.97. The average Bonchev–Trinajstić information content (AvgIpc) is 3.22. The van der Waals surface area contributed by atoms with Gasteiger partial charge in [-0.05, 0) is 48.9 Å². The van der Waals surface area contributed by atoms with Crippen LogP contribution in [0.15, 0.2) is 42.5 Å². The predicted molar refractivity (Wildman–Crippen MR) is 113 cm³/mol. The van der Waals surface area contributed by atoms with Crippen LogP contribution in [-0.2, 0) is 10.5 Å². The van der Waals surface area contributed by atoms with Crippen LogP contribution in [0.3, 0.4) is 0 Å². The largest absolute Gasteiger partial charge is 0.454 e. The number of likely N-dealkylation sites (tertiary alicyclic amines) is 1. The number of benzene rings is 2. The Hall–Kier alpha value is -2.67. The highest BCUT2D eigenvalue weighted by Crippen LogP contribution is 2.34. The molecule has 0 bridgehead atoms. The molecule has 29 heavy (non-hydrogen) atoms. The minimum atomic E-state index is -0.103. The van der Waals surface area contributed by atoms with Gasteiger partial charge in [-0.2, -0.15) is 11.8 Å². The predicted octanol–water partition coefficient (Wildman–Crippen LogP) is 3.77. The van der Waals surface area contributed by atoms with Gasteiger partial charge in [0.25, 0.3) is 5.91 Å². The van der Waals surface area contributed by atoms with Gasteiger partial charge in [0.1, 0.15) is 0 Å². The molecule has 152 valence electrons. The molecule has 4 rings (SSSR count). The number of carbonyl (C=O) groups excluding carboxylic acids is 2. The van der Waals surface area contributed by atoms with Crippen LogP contribution in [-0.4, -0.2) is 42.9 Å². The van der Waals surface area contributed by atoms with E-state index in [9.17, 15) is 9.59 Å². The fraction of sp³-hybridized carbons (Fsp3) is 0.364. The molecule has 0 aliphatic carbocycles. The van der Waals surface area contributed by atoms with Crippen molar-refractivity contribution in [3.8, 4) is 11.5 Å². The number of hydrogen-bond acceptors (Lipinski definition) is 5. The molecule has 2 aromatic carbocycles. The third kappa shape index (κ3) is 4.50. The Labute approximate surface area is 174 Å². The van der Waals surface area contributed by atoms with Crippen LogP contribution < -0.4 is 14.8 Å². The van der Waals surface area contributed by atoms with Gasteiger partial charge in [-0.25, -0.2) is 0 Å². The lowest BCUT2D eigenvalue weighted by Gasteiger charge is -2.31. The molecule has 0 radical (unpaired) electrons. The van der Waals surface area contributed by atoms with Crippen LogP contribution in [0.2, 0.25) is 0 Å². The third-order valence-corrected chi connectivity index (χ3v) is 5.93. The Morgan fingerprint density at radius 2 is 1.79 bits per heavy atom. The van der Waals surface area contributed by atoms with Crippen LogP contribution in [0.25, 0.3) is 0 Å². The summed E-state index contributed by atoms with van der Waals surface area (Å²) in [6.07, 6.45) is 3.38. The second-order valence-electron chi connectivity index (χ2n) is 7.25. The first-order valence-corrected chi connectivity index (χ1v) is 11.1. The molecule has 2 aliphatic heterocycles. The summed E-state index contributed by atoms with van der Waals surface area (Å²) in [6.45, 7) is 1.38. The Kier molecular flexibility index (Phi) is 5.94. The minimum absolute atomic E-state index is 0.0163. The molecular weight excluding hydrogens is 388 g/mol. The summed E-state index contributed by atoms with van der Waals surface area (Å²) >= 11 is 1.76. The summed E-state index contributed by atoms with van der Waals surface area (Å²) in [6, 6.07) is 13.2. The van der Waals surface area contributed by atoms with Crippen LogP contribution in [0.1, 0.15) is 28.8 Å². The maximum Gasteiger partial charge on any atom is 0.253 e. The summed E-state index contributed by atoms with van der Waals surface area (Å²) < 4.78 is 10.6. The van der Waals surface area contributed by atoms with Gasteiger partial charge in [0.2, 0.25) is 12.7 Å². The number of thioether (sulfide) groups is 1. The minimum Gasteiger partial charge on any atom is -0.454 e. The van der Waals surface area contributed by atoms with Crippen LogP contribution in [0.5, 0.6) is 11.5 Å². The summed E-state index contributed by atoms with van der Waals surface area (Å²) in [4.78, 5) is 27.2. The lowest BCUT2D eigenvalue weighted by Crippen LogP contribution is -2.41. The molecule has 2 heterocycles. The number of hydrogen-bond donors (Lipinski definition) is 1. The average molecular weight is 413 g/mol. The molecule has 2 aromatic rings. The Morgan fingerprint density at radius 3 is 2.52 bits per heavy atom. The van der Waals surface area contributed by atoms with Gasteiger partial charge in [-0.3, -0.25) is 9.59 Å². The van der Waals surface area contributed by atoms with E-state index in [1.54, 1.807) is 23.9 Å². The van der Waals surface area contributed by atoms with Crippen molar-refractivity contribution in [3.63, 3.8) is 0 Å². The van der Waals surface area contributed by atoms with E-state index in [1.165, 1.54) is 5.56 Å². The molecule has 1 saturated heterocycles. The quantitative estimate of drug-likeness (QED) is 0.810. The van der Waals surface area contributed by atoms with Gasteiger partial charge in [0, 0.05) is 42.1 Å². The first kappa shape index (κ1) is 19.6. The number of nitrogens with zero attached hydrogens (tertiary/aromatic N) is 1. The lowest BCUT2D eigenvalue weighted by molar-refractivity contribution is -0.121. The van der Waals surface area contributed by atoms with Crippen LogP contribution in [0, 0.1) is 5.92 Å². The van der Waals surface area contributed by atoms with E-state index < -0.39 is 0 Å². The van der Waals surface area contributed by atoms with Crippen molar-refractivity contribution in [2.24, 2.45) is 5.92 Å². The molecule has 0 saturated carbocycles. The van der Waals surface area contributed by atoms with Gasteiger partial charge in [-0.1, -0.05) is 12.1 Å². The van der Waals surface area contributed by atoms with Crippen molar-refractivity contribution in [2.45, 2.75) is 18.6 Å². The number of amides is 2. The second-order valence-corrected chi connectivity index (χ2v) is 8.12. The Morgan fingerprint density at radius 1 is 1.07 bits per heavy atom. The monoisotopic (exact) mass is 412 g/mol. The van der Waals surface area contributed by atoms with Gasteiger partial charge in [0.15, 0.2) is 11.5 Å². The maximum absolute atomic E-state index is 12.7. The lowest BCUT2D eigenvalue weighted by atomic mass is 9.95. The normalized spacial score (nSPS) is 16.0. The number of ether oxygens (including phenoxy) is 2. The van der Waals surface area contributed by atoms with E-state index in [-0.39, 0.29) is 24.5 Å². The van der Waals surface area contributed by atoms with E-state index in [0.29, 0.717) is 48.7 Å². The number of piperidine rings is 1. The molecule has 0 aromatic heterocycles. The van der Waals surface area contributed by atoms with Crippen LogP contribution in [0.4, 0.5) is 5.69 Å². The molecule has 0 atom stereocenters. The van der Waals surface area contributed by atoms with Crippen molar-refractivity contribution in [3.05, 3.63) is 53.6 Å². The second kappa shape index (κ2) is 8.78. The van der Waals surface area contributed by atoms with Gasteiger partial charge < -0.3 is 19.7 Å². The zero-order valence-electron chi connectivity index (χ0n) is 16.3. The van der Waals surface area contributed by atoms with Crippen LogP contribution >= 0.6 is 11.8 Å². The Balaban J connectivity index is 1.30. The highest BCUT2D eigenvalue weighted by Gasteiger charge is 2.28. The topological polar surface area (TPSA) is 67.9 Å². The molecule has 1 N–H and O–H groups in total. The molecule has 0 spiro atoms. The molecule has 2 amide bonds. The number of anilines is 1. The van der Waals surface area contributed by atoms with Crippen molar-refractivity contribution in [1.29, 1.82) is 0 Å². The highest BCUT2D eigenvalue weighted by atomic mass is 32.2. The zero-order chi connectivity index (χ0) is 20.2. The first-order chi connectivity index (χ1) is 14.1. The summed E-state index contributed by atoms with van der Waals surface area (Å²) in [5, 5.41) is 2.96. The molecule has 7 heteroatoms. The Bertz CT molecular complexity index is 892. The van der Waals surface area contributed by atoms with Crippen molar-refractivity contribution in [1.82, 2.24) is 4.90 Å². The fourth-order valence-corrected chi connectivity index (χ4v) is 4.18. The third-order valence-electron chi connectivity index (χ3n) is 5.30. The summed E-state index contributed by atoms with van der Waals surface area (Å²) in [5.74, 6) is 2.20. The smallest absolute Gasteiger partial charge is 0.253 e. The fourth-order valence-electron chi connectivity index (χ4n) is 3.66. The first-order valence-electron chi connectivity index (χ1n) is 9.71. The summed E-state index contributed by atoms with van der Waals surface area (Å²) in [7, 11) is 0. The van der Waals surface area contributed by atoms with Gasteiger partial charge in [-0.15, -0.1) is 0 Å². The van der Waals surface area contributed by atoms with E-state index in [0.717, 1.165) is 5.75 Å². The van der Waals surface area contributed by atoms with E-state index in [4.69, 9.17) is 9.47 Å². The van der Waals surface area contributed by atoms with E-state index in [2.05, 4.69) is 11.6 Å². The standard InChI is InChI=1S/C22H24N2O4S/c1-29-13-15-2-4-17(5-3-15)22(26)24-10-8-16(9-11-24)21(25)23-18-6-7-19-20(12-18)28-14-27-19/h2-7,12,16H,8-11,13-14H2,1H3,(H,23,25). The summed E-state index contributed by atoms with van der Waals surface area (Å²) in [5.41, 5.74) is 2.62. The van der Waals surface area contributed by atoms with E-state index in [1.807, 2.05) is 35.2 Å². The number of fused-ring (bicyclic) bond motifs is 1. The molecular formula is C22H24N2O4S. The van der Waals surface area contributed by atoms with Crippen molar-refractivity contribution >= 4 is 29.3 Å². The number of rotatable bonds is 5. The van der Waals surface area contributed by atoms with Crippen molar-refractivity contribution < 1.29 is 19.1 Å². The van der Waals surface area contributed by atoms with E-state index >= 15 is 0 Å². The number of nitrogens with one attached hydrogen (secondary N) is 1. The molecule has 0 unspecified atom stereocenters. The maximum atomic E-state index is 12.7. The van der Waals surface area contributed by atoms with Crippen molar-refractivity contribution in [2.75, 3.05) is 31.5 Å². The SMILES string of the molecule is CSCc1ccc(C(=O)N2CCC(C(=O)Nc3ccc4c(c3)OCO4)CC2)cc1. The molecule has 2 aliphatic rings. The molecule has 1 fully saturated rings. The van der Waals surface area contributed by atoms with Gasteiger partial charge in [0.05, 0.1) is 0 Å². The van der Waals surface area contributed by atoms with Gasteiger partial charge >= 0.3 is 0 Å². The molecule has 6 nitrogen and oxygen atoms in total. The number of carbonyl (C=O) groups is 2. The zero-order valence-corrected chi connectivity index (χ0v) is 17.2.